The smallest absolute Gasteiger partial charge is 0.118 e. The van der Waals surface area contributed by atoms with Crippen LogP contribution in [0.25, 0.3) is 0 Å². The van der Waals surface area contributed by atoms with Gasteiger partial charge in [0.15, 0.2) is 0 Å². The number of rotatable bonds is 5. The minimum Gasteiger partial charge on any atom is -0.497 e. The molecule has 2 atom stereocenters. The average Bonchev–Trinajstić information content (AvgIpc) is 2.48. The van der Waals surface area contributed by atoms with Crippen molar-refractivity contribution >= 4 is 0 Å². The number of hydrogen-bond acceptors (Lipinski definition) is 3. The van der Waals surface area contributed by atoms with E-state index in [2.05, 4.69) is 24.1 Å². The molecule has 1 fully saturated rings. The maximum atomic E-state index is 5.92. The Morgan fingerprint density at radius 2 is 1.89 bits per heavy atom. The van der Waals surface area contributed by atoms with Crippen LogP contribution in [-0.2, 0) is 6.54 Å². The molecule has 2 unspecified atom stereocenters. The highest BCUT2D eigenvalue weighted by Gasteiger charge is 2.27. The third kappa shape index (κ3) is 3.71. The van der Waals surface area contributed by atoms with Crippen molar-refractivity contribution in [2.24, 2.45) is 11.7 Å². The molecule has 1 aromatic rings. The first-order valence-corrected chi connectivity index (χ1v) is 7.28. The number of nitrogens with zero attached hydrogens (tertiary/aromatic N) is 1. The molecule has 1 aliphatic rings. The summed E-state index contributed by atoms with van der Waals surface area (Å²) in [5.74, 6) is 1.58. The van der Waals surface area contributed by atoms with Crippen molar-refractivity contribution in [3.05, 3.63) is 29.8 Å². The molecule has 3 heteroatoms. The van der Waals surface area contributed by atoms with E-state index < -0.39 is 0 Å². The largest absolute Gasteiger partial charge is 0.497 e. The number of methoxy groups -OCH3 is 1. The molecular formula is C16H26N2O. The van der Waals surface area contributed by atoms with Gasteiger partial charge in [-0.05, 0) is 50.0 Å². The summed E-state index contributed by atoms with van der Waals surface area (Å²) < 4.78 is 5.19. The van der Waals surface area contributed by atoms with E-state index in [0.29, 0.717) is 12.0 Å². The maximum Gasteiger partial charge on any atom is 0.118 e. The Morgan fingerprint density at radius 3 is 2.53 bits per heavy atom. The van der Waals surface area contributed by atoms with Crippen molar-refractivity contribution < 1.29 is 4.74 Å². The third-order valence-electron chi connectivity index (χ3n) is 4.33. The Hall–Kier alpha value is -1.06. The van der Waals surface area contributed by atoms with E-state index in [-0.39, 0.29) is 0 Å². The molecule has 0 radical (unpaired) electrons. The van der Waals surface area contributed by atoms with Crippen LogP contribution < -0.4 is 10.5 Å². The minimum absolute atomic E-state index is 0.640. The van der Waals surface area contributed by atoms with Crippen molar-refractivity contribution in [1.29, 1.82) is 0 Å². The van der Waals surface area contributed by atoms with E-state index in [1.165, 1.54) is 31.2 Å². The Bertz CT molecular complexity index is 377. The van der Waals surface area contributed by atoms with Gasteiger partial charge in [0.05, 0.1) is 7.11 Å². The van der Waals surface area contributed by atoms with Crippen LogP contribution in [0.3, 0.4) is 0 Å². The average molecular weight is 262 g/mol. The quantitative estimate of drug-likeness (QED) is 0.886. The standard InChI is InChI=1S/C16H26N2O/c1-18(16-6-4-3-5-14(16)11-17)12-13-7-9-15(19-2)10-8-13/h7-10,14,16H,3-6,11-12,17H2,1-2H3. The highest BCUT2D eigenvalue weighted by atomic mass is 16.5. The van der Waals surface area contributed by atoms with E-state index >= 15 is 0 Å². The van der Waals surface area contributed by atoms with E-state index in [9.17, 15) is 0 Å². The summed E-state index contributed by atoms with van der Waals surface area (Å²) in [4.78, 5) is 2.47. The molecule has 2 N–H and O–H groups in total. The lowest BCUT2D eigenvalue weighted by molar-refractivity contribution is 0.127. The predicted molar refractivity (Wildman–Crippen MR) is 79.3 cm³/mol. The molecule has 0 amide bonds. The Labute approximate surface area is 116 Å². The first-order chi connectivity index (χ1) is 9.24. The first-order valence-electron chi connectivity index (χ1n) is 7.28. The van der Waals surface area contributed by atoms with Gasteiger partial charge >= 0.3 is 0 Å². The highest BCUT2D eigenvalue weighted by molar-refractivity contribution is 5.27. The number of benzene rings is 1. The zero-order chi connectivity index (χ0) is 13.7. The van der Waals surface area contributed by atoms with Gasteiger partial charge in [-0.1, -0.05) is 25.0 Å². The lowest BCUT2D eigenvalue weighted by Gasteiger charge is -2.37. The van der Waals surface area contributed by atoms with Crippen molar-refractivity contribution in [2.45, 2.75) is 38.3 Å². The molecule has 1 aromatic carbocycles. The van der Waals surface area contributed by atoms with Gasteiger partial charge in [0.2, 0.25) is 0 Å². The predicted octanol–water partition coefficient (Wildman–Crippen LogP) is 2.64. The van der Waals surface area contributed by atoms with Gasteiger partial charge < -0.3 is 10.5 Å². The molecule has 3 nitrogen and oxygen atoms in total. The molecular weight excluding hydrogens is 236 g/mol. The maximum absolute atomic E-state index is 5.92. The summed E-state index contributed by atoms with van der Waals surface area (Å²) in [7, 11) is 3.93. The Kier molecular flexibility index (Phi) is 5.23. The zero-order valence-electron chi connectivity index (χ0n) is 12.1. The molecule has 0 saturated heterocycles. The Morgan fingerprint density at radius 1 is 1.21 bits per heavy atom. The van der Waals surface area contributed by atoms with Crippen molar-refractivity contribution in [3.8, 4) is 5.75 Å². The highest BCUT2D eigenvalue weighted by Crippen LogP contribution is 2.28. The van der Waals surface area contributed by atoms with Gasteiger partial charge in [0.25, 0.3) is 0 Å². The molecule has 2 rings (SSSR count). The molecule has 0 spiro atoms. The van der Waals surface area contributed by atoms with Crippen LogP contribution in [0.2, 0.25) is 0 Å². The van der Waals surface area contributed by atoms with Crippen LogP contribution in [0.1, 0.15) is 31.2 Å². The van der Waals surface area contributed by atoms with Gasteiger partial charge in [-0.15, -0.1) is 0 Å². The molecule has 0 aliphatic heterocycles. The molecule has 0 aromatic heterocycles. The van der Waals surface area contributed by atoms with Crippen LogP contribution in [0, 0.1) is 5.92 Å². The van der Waals surface area contributed by atoms with Crippen LogP contribution in [-0.4, -0.2) is 31.6 Å². The fourth-order valence-electron chi connectivity index (χ4n) is 3.18. The van der Waals surface area contributed by atoms with Gasteiger partial charge in [-0.3, -0.25) is 4.90 Å². The second-order valence-corrected chi connectivity index (χ2v) is 5.61. The fourth-order valence-corrected chi connectivity index (χ4v) is 3.18. The van der Waals surface area contributed by atoms with E-state index in [1.807, 2.05) is 12.1 Å². The van der Waals surface area contributed by atoms with Crippen LogP contribution in [0.5, 0.6) is 5.75 Å². The fraction of sp³-hybridized carbons (Fsp3) is 0.625. The lowest BCUT2D eigenvalue weighted by atomic mass is 9.83. The molecule has 0 bridgehead atoms. The molecule has 106 valence electrons. The molecule has 19 heavy (non-hydrogen) atoms. The topological polar surface area (TPSA) is 38.5 Å². The summed E-state index contributed by atoms with van der Waals surface area (Å²) >= 11 is 0. The Balaban J connectivity index is 1.96. The molecule has 1 aliphatic carbocycles. The van der Waals surface area contributed by atoms with Gasteiger partial charge in [0.1, 0.15) is 5.75 Å². The molecule has 1 saturated carbocycles. The summed E-state index contributed by atoms with van der Waals surface area (Å²) in [5, 5.41) is 0. The second-order valence-electron chi connectivity index (χ2n) is 5.61. The molecule has 0 heterocycles. The summed E-state index contributed by atoms with van der Waals surface area (Å²) in [5.41, 5.74) is 7.26. The first kappa shape index (κ1) is 14.4. The van der Waals surface area contributed by atoms with E-state index in [4.69, 9.17) is 10.5 Å². The van der Waals surface area contributed by atoms with Gasteiger partial charge in [-0.2, -0.15) is 0 Å². The van der Waals surface area contributed by atoms with Crippen LogP contribution in [0.15, 0.2) is 24.3 Å². The normalized spacial score (nSPS) is 23.6. The van der Waals surface area contributed by atoms with E-state index in [0.717, 1.165) is 18.8 Å². The zero-order valence-corrected chi connectivity index (χ0v) is 12.1. The summed E-state index contributed by atoms with van der Waals surface area (Å²) in [6.45, 7) is 1.81. The number of ether oxygens (including phenoxy) is 1. The van der Waals surface area contributed by atoms with Gasteiger partial charge in [-0.25, -0.2) is 0 Å². The number of nitrogens with two attached hydrogens (primary N) is 1. The SMILES string of the molecule is COc1ccc(CN(C)C2CCCCC2CN)cc1. The number of hydrogen-bond donors (Lipinski definition) is 1. The van der Waals surface area contributed by atoms with E-state index in [1.54, 1.807) is 7.11 Å². The van der Waals surface area contributed by atoms with Crippen molar-refractivity contribution in [3.63, 3.8) is 0 Å². The third-order valence-corrected chi connectivity index (χ3v) is 4.33. The lowest BCUT2D eigenvalue weighted by Crippen LogP contribution is -2.42. The van der Waals surface area contributed by atoms with Crippen molar-refractivity contribution in [2.75, 3.05) is 20.7 Å². The second kappa shape index (κ2) is 6.92. The monoisotopic (exact) mass is 262 g/mol. The van der Waals surface area contributed by atoms with Crippen molar-refractivity contribution in [1.82, 2.24) is 4.90 Å². The summed E-state index contributed by atoms with van der Waals surface area (Å²) in [6.07, 6.45) is 5.26. The van der Waals surface area contributed by atoms with Crippen LogP contribution in [0.4, 0.5) is 0 Å². The van der Waals surface area contributed by atoms with Gasteiger partial charge in [0, 0.05) is 12.6 Å². The van der Waals surface area contributed by atoms with Crippen LogP contribution >= 0.6 is 0 Å². The minimum atomic E-state index is 0.640. The summed E-state index contributed by atoms with van der Waals surface area (Å²) in [6, 6.07) is 9.00.